The van der Waals surface area contributed by atoms with Crippen LogP contribution < -0.4 is 4.90 Å². The van der Waals surface area contributed by atoms with Crippen molar-refractivity contribution in [1.29, 1.82) is 0 Å². The van der Waals surface area contributed by atoms with Crippen molar-refractivity contribution < 1.29 is 14.0 Å². The predicted molar refractivity (Wildman–Crippen MR) is 128 cm³/mol. The number of benzene rings is 1. The first-order valence-corrected chi connectivity index (χ1v) is 13.0. The minimum Gasteiger partial charge on any atom is -0.440 e. The molecular weight excluding hydrogens is 404 g/mol. The number of piperidine rings is 3. The van der Waals surface area contributed by atoms with Gasteiger partial charge < -0.3 is 9.22 Å². The first kappa shape index (κ1) is 22.3. The molecule has 0 saturated carbocycles. The molecule has 0 aliphatic carbocycles. The van der Waals surface area contributed by atoms with E-state index in [9.17, 15) is 4.79 Å². The van der Waals surface area contributed by atoms with Crippen LogP contribution in [0, 0.1) is 5.92 Å². The van der Waals surface area contributed by atoms with Crippen molar-refractivity contribution in [2.75, 3.05) is 31.1 Å². The highest BCUT2D eigenvalue weighted by atomic mass is 32.1. The number of nitrogens with zero attached hydrogens (tertiary/aromatic N) is 2. The van der Waals surface area contributed by atoms with Crippen LogP contribution in [0.2, 0.25) is 0 Å². The second-order valence-corrected chi connectivity index (χ2v) is 10.2. The molecule has 4 heterocycles. The molecule has 1 aromatic heterocycles. The Morgan fingerprint density at radius 3 is 2.58 bits per heavy atom. The molecule has 1 aromatic carbocycles. The molecule has 31 heavy (non-hydrogen) atoms. The maximum absolute atomic E-state index is 13.3. The fourth-order valence-corrected chi connectivity index (χ4v) is 5.99. The molecule has 5 rings (SSSR count). The normalized spacial score (nSPS) is 24.8. The van der Waals surface area contributed by atoms with Crippen LogP contribution in [0.4, 0.5) is 10.5 Å². The van der Waals surface area contributed by atoms with Crippen molar-refractivity contribution in [2.45, 2.75) is 64.5 Å². The van der Waals surface area contributed by atoms with Gasteiger partial charge in [0.15, 0.2) is 6.10 Å². The molecule has 0 radical (unpaired) electrons. The van der Waals surface area contributed by atoms with E-state index in [-0.39, 0.29) is 12.2 Å². The number of anilines is 1. The molecular formula is C26H37N2O2S+. The van der Waals surface area contributed by atoms with Crippen molar-refractivity contribution in [1.82, 2.24) is 0 Å². The molecule has 168 valence electrons. The Balaban J connectivity index is 1.39. The summed E-state index contributed by atoms with van der Waals surface area (Å²) in [6.45, 7) is 7.61. The molecule has 1 amide bonds. The van der Waals surface area contributed by atoms with Crippen LogP contribution in [-0.4, -0.2) is 42.9 Å². The van der Waals surface area contributed by atoms with Crippen LogP contribution in [-0.2, 0) is 11.3 Å². The maximum Gasteiger partial charge on any atom is 0.415 e. The van der Waals surface area contributed by atoms with Crippen molar-refractivity contribution in [3.63, 3.8) is 0 Å². The standard InChI is InChI=1S/C26H37N2O2S/c1-2-3-4-5-9-15-28-16-12-23(13-17-28)25(20-28)30-26(29)27(24-14-18-31-21-24)19-22-10-7-6-8-11-22/h6-8,10-11,14,18,21,23,25H,2-5,9,12-13,15-17,19-20H2,1H3/q+1/t23?,25-,28?/m0/s1. The fourth-order valence-electron chi connectivity index (χ4n) is 5.35. The summed E-state index contributed by atoms with van der Waals surface area (Å²) in [5.74, 6) is 0.532. The van der Waals surface area contributed by atoms with Crippen LogP contribution in [0.3, 0.4) is 0 Å². The molecule has 3 fully saturated rings. The summed E-state index contributed by atoms with van der Waals surface area (Å²) < 4.78 is 7.39. The third kappa shape index (κ3) is 5.69. The highest BCUT2D eigenvalue weighted by Gasteiger charge is 2.47. The number of quaternary nitrogens is 1. The maximum atomic E-state index is 13.3. The second kappa shape index (κ2) is 10.6. The molecule has 0 unspecified atom stereocenters. The SMILES string of the molecule is CCCCCCC[N+]12CCC(CC1)[C@@H](OC(=O)N(Cc1ccccc1)c1ccsc1)C2. The number of carbonyl (C=O) groups is 1. The lowest BCUT2D eigenvalue weighted by Gasteiger charge is -2.52. The van der Waals surface area contributed by atoms with Crippen LogP contribution in [0.5, 0.6) is 0 Å². The Kier molecular flexibility index (Phi) is 7.67. The number of rotatable bonds is 10. The number of ether oxygens (including phenoxy) is 1. The van der Waals surface area contributed by atoms with Gasteiger partial charge in [-0.15, -0.1) is 0 Å². The molecule has 3 aliphatic rings. The van der Waals surface area contributed by atoms with Crippen LogP contribution in [0.25, 0.3) is 0 Å². The lowest BCUT2D eigenvalue weighted by molar-refractivity contribution is -0.946. The summed E-state index contributed by atoms with van der Waals surface area (Å²) in [5, 5.41) is 4.05. The minimum atomic E-state index is -0.193. The number of carbonyl (C=O) groups excluding carboxylic acids is 1. The minimum absolute atomic E-state index is 0.0579. The van der Waals surface area contributed by atoms with E-state index >= 15 is 0 Å². The number of fused-ring (bicyclic) bond motifs is 3. The van der Waals surface area contributed by atoms with Gasteiger partial charge in [0.2, 0.25) is 0 Å². The predicted octanol–water partition coefficient (Wildman–Crippen LogP) is 6.47. The van der Waals surface area contributed by atoms with Gasteiger partial charge in [-0.3, -0.25) is 4.90 Å². The third-order valence-electron chi connectivity index (χ3n) is 7.25. The van der Waals surface area contributed by atoms with Gasteiger partial charge in [-0.25, -0.2) is 4.79 Å². The Morgan fingerprint density at radius 1 is 1.10 bits per heavy atom. The highest BCUT2D eigenvalue weighted by molar-refractivity contribution is 7.08. The van der Waals surface area contributed by atoms with E-state index in [1.54, 1.807) is 16.2 Å². The Labute approximate surface area is 191 Å². The zero-order chi connectivity index (χ0) is 21.5. The van der Waals surface area contributed by atoms with E-state index in [2.05, 4.69) is 19.1 Å². The highest BCUT2D eigenvalue weighted by Crippen LogP contribution is 2.36. The van der Waals surface area contributed by atoms with Crippen molar-refractivity contribution in [2.24, 2.45) is 5.92 Å². The lowest BCUT2D eigenvalue weighted by Crippen LogP contribution is -2.64. The largest absolute Gasteiger partial charge is 0.440 e. The Bertz CT molecular complexity index is 800. The van der Waals surface area contributed by atoms with Crippen molar-refractivity contribution in [3.05, 3.63) is 52.7 Å². The summed E-state index contributed by atoms with van der Waals surface area (Å²) in [6, 6.07) is 12.2. The second-order valence-electron chi connectivity index (χ2n) is 9.42. The van der Waals surface area contributed by atoms with Gasteiger partial charge in [0.25, 0.3) is 0 Å². The van der Waals surface area contributed by atoms with Crippen molar-refractivity contribution in [3.8, 4) is 0 Å². The van der Waals surface area contributed by atoms with Gasteiger partial charge in [0.1, 0.15) is 6.54 Å². The molecule has 3 saturated heterocycles. The summed E-state index contributed by atoms with van der Waals surface area (Å²) in [5.41, 5.74) is 2.05. The summed E-state index contributed by atoms with van der Waals surface area (Å²) >= 11 is 1.62. The number of thiophene rings is 1. The van der Waals surface area contributed by atoms with Gasteiger partial charge in [0.05, 0.1) is 31.9 Å². The van der Waals surface area contributed by atoms with E-state index in [0.29, 0.717) is 12.5 Å². The number of hydrogen-bond acceptors (Lipinski definition) is 3. The van der Waals surface area contributed by atoms with E-state index in [1.165, 1.54) is 64.6 Å². The zero-order valence-electron chi connectivity index (χ0n) is 18.9. The number of hydrogen-bond donors (Lipinski definition) is 0. The van der Waals surface area contributed by atoms with Gasteiger partial charge in [-0.1, -0.05) is 56.5 Å². The van der Waals surface area contributed by atoms with Gasteiger partial charge in [-0.05, 0) is 29.9 Å². The smallest absolute Gasteiger partial charge is 0.415 e. The first-order chi connectivity index (χ1) is 15.2. The molecule has 3 aliphatic heterocycles. The Hall–Kier alpha value is -1.85. The first-order valence-electron chi connectivity index (χ1n) is 12.1. The number of amides is 1. The average molecular weight is 442 g/mol. The van der Waals surface area contributed by atoms with Crippen molar-refractivity contribution >= 4 is 23.1 Å². The topological polar surface area (TPSA) is 29.5 Å². The van der Waals surface area contributed by atoms with E-state index in [0.717, 1.165) is 22.3 Å². The molecule has 0 spiro atoms. The number of unbranched alkanes of at least 4 members (excludes halogenated alkanes) is 4. The van der Waals surface area contributed by atoms with Gasteiger partial charge in [0, 0.05) is 24.1 Å². The van der Waals surface area contributed by atoms with Gasteiger partial charge >= 0.3 is 6.09 Å². The molecule has 1 atom stereocenters. The van der Waals surface area contributed by atoms with Crippen LogP contribution in [0.15, 0.2) is 47.2 Å². The quantitative estimate of drug-likeness (QED) is 0.312. The lowest BCUT2D eigenvalue weighted by atomic mass is 9.83. The van der Waals surface area contributed by atoms with Crippen LogP contribution in [0.1, 0.15) is 57.4 Å². The fraction of sp³-hybridized carbons (Fsp3) is 0.577. The molecule has 4 nitrogen and oxygen atoms in total. The summed E-state index contributed by atoms with van der Waals surface area (Å²) in [4.78, 5) is 15.1. The monoisotopic (exact) mass is 441 g/mol. The van der Waals surface area contributed by atoms with E-state index in [4.69, 9.17) is 4.74 Å². The van der Waals surface area contributed by atoms with E-state index < -0.39 is 0 Å². The molecule has 2 bridgehead atoms. The molecule has 5 heteroatoms. The molecule has 2 aromatic rings. The van der Waals surface area contributed by atoms with Crippen LogP contribution >= 0.6 is 11.3 Å². The summed E-state index contributed by atoms with van der Waals surface area (Å²) in [6.07, 6.45) is 8.90. The zero-order valence-corrected chi connectivity index (χ0v) is 19.7. The summed E-state index contributed by atoms with van der Waals surface area (Å²) in [7, 11) is 0. The van der Waals surface area contributed by atoms with Gasteiger partial charge in [-0.2, -0.15) is 11.3 Å². The van der Waals surface area contributed by atoms with E-state index in [1.807, 2.05) is 35.0 Å². The molecule has 0 N–H and O–H groups in total. The Morgan fingerprint density at radius 2 is 1.87 bits per heavy atom. The third-order valence-corrected chi connectivity index (χ3v) is 7.92. The average Bonchev–Trinajstić information content (AvgIpc) is 3.33.